The third-order valence-electron chi connectivity index (χ3n) is 6.95. The zero-order valence-electron chi connectivity index (χ0n) is 21.2. The van der Waals surface area contributed by atoms with Crippen molar-refractivity contribution in [3.63, 3.8) is 0 Å². The van der Waals surface area contributed by atoms with Crippen LogP contribution in [0.1, 0.15) is 56.5 Å². The van der Waals surface area contributed by atoms with Crippen molar-refractivity contribution in [1.29, 1.82) is 0 Å². The number of rotatable bonds is 7. The fourth-order valence-electron chi connectivity index (χ4n) is 4.82. The minimum Gasteiger partial charge on any atom is -0.459 e. The van der Waals surface area contributed by atoms with Crippen molar-refractivity contribution in [2.75, 3.05) is 42.9 Å². The van der Waals surface area contributed by atoms with E-state index in [0.29, 0.717) is 24.8 Å². The first-order valence-corrected chi connectivity index (χ1v) is 13.0. The highest BCUT2D eigenvalue weighted by Crippen LogP contribution is 2.21. The van der Waals surface area contributed by atoms with Crippen LogP contribution in [0.15, 0.2) is 47.1 Å². The Balaban J connectivity index is 1.25. The number of amides is 4. The predicted octanol–water partition coefficient (Wildman–Crippen LogP) is 3.93. The van der Waals surface area contributed by atoms with Gasteiger partial charge >= 0.3 is 6.03 Å². The smallest absolute Gasteiger partial charge is 0.317 e. The normalized spacial score (nSPS) is 16.6. The molecule has 1 saturated heterocycles. The average Bonchev–Trinajstić information content (AvgIpc) is 3.43. The lowest BCUT2D eigenvalue weighted by Gasteiger charge is -2.37. The van der Waals surface area contributed by atoms with Gasteiger partial charge in [0.25, 0.3) is 5.91 Å². The summed E-state index contributed by atoms with van der Waals surface area (Å²) in [5.74, 6) is -0.367. The maximum Gasteiger partial charge on any atom is 0.317 e. The van der Waals surface area contributed by atoms with E-state index in [1.54, 1.807) is 12.1 Å². The number of urea groups is 1. The van der Waals surface area contributed by atoms with Crippen LogP contribution in [0.5, 0.6) is 0 Å². The molecule has 0 radical (unpaired) electrons. The number of nitrogens with one attached hydrogen (secondary N) is 2. The van der Waals surface area contributed by atoms with E-state index >= 15 is 0 Å². The Hall–Kier alpha value is -3.49. The molecule has 0 bridgehead atoms. The first-order valence-electron chi connectivity index (χ1n) is 13.0. The highest BCUT2D eigenvalue weighted by molar-refractivity contribution is 5.98. The molecule has 194 valence electrons. The van der Waals surface area contributed by atoms with Gasteiger partial charge in [-0.1, -0.05) is 19.3 Å². The van der Waals surface area contributed by atoms with Crippen molar-refractivity contribution >= 4 is 29.2 Å². The molecule has 4 amide bonds. The summed E-state index contributed by atoms with van der Waals surface area (Å²) in [4.78, 5) is 43.5. The zero-order valence-corrected chi connectivity index (χ0v) is 21.2. The van der Waals surface area contributed by atoms with Gasteiger partial charge in [0.05, 0.1) is 6.26 Å². The number of benzene rings is 1. The maximum atomic E-state index is 12.6. The molecule has 2 fully saturated rings. The summed E-state index contributed by atoms with van der Waals surface area (Å²) < 4.78 is 5.20. The van der Waals surface area contributed by atoms with Crippen molar-refractivity contribution in [1.82, 2.24) is 15.1 Å². The Labute approximate surface area is 212 Å². The van der Waals surface area contributed by atoms with Gasteiger partial charge in [-0.15, -0.1) is 0 Å². The number of carbonyl (C=O) groups is 3. The summed E-state index contributed by atoms with van der Waals surface area (Å²) in [6, 6.07) is 11.1. The monoisotopic (exact) mass is 495 g/mol. The number of piperazine rings is 1. The van der Waals surface area contributed by atoms with Crippen LogP contribution in [0.3, 0.4) is 0 Å². The van der Waals surface area contributed by atoms with Gasteiger partial charge in [-0.25, -0.2) is 4.79 Å². The lowest BCUT2D eigenvalue weighted by atomic mass is 9.96. The molecule has 9 nitrogen and oxygen atoms in total. The molecule has 36 heavy (non-hydrogen) atoms. The van der Waals surface area contributed by atoms with Gasteiger partial charge in [0.1, 0.15) is 6.54 Å². The SMILES string of the molecule is CC(C)N(CC(=O)Nc1ccc(N2CCN(C(=O)NC3CCCCC3)CC2)cc1)C(=O)c1ccco1. The largest absolute Gasteiger partial charge is 0.459 e. The lowest BCUT2D eigenvalue weighted by Crippen LogP contribution is -2.53. The van der Waals surface area contributed by atoms with Crippen LogP contribution < -0.4 is 15.5 Å². The van der Waals surface area contributed by atoms with Crippen molar-refractivity contribution in [2.24, 2.45) is 0 Å². The first kappa shape index (κ1) is 25.6. The van der Waals surface area contributed by atoms with Gasteiger partial charge in [-0.3, -0.25) is 9.59 Å². The maximum absolute atomic E-state index is 12.6. The molecule has 1 saturated carbocycles. The second-order valence-electron chi connectivity index (χ2n) is 9.86. The van der Waals surface area contributed by atoms with E-state index < -0.39 is 0 Å². The first-order chi connectivity index (χ1) is 17.4. The van der Waals surface area contributed by atoms with Gasteiger partial charge in [0.2, 0.25) is 5.91 Å². The van der Waals surface area contributed by atoms with E-state index in [2.05, 4.69) is 15.5 Å². The second kappa shape index (κ2) is 12.0. The molecule has 1 aromatic heterocycles. The molecule has 2 aliphatic rings. The predicted molar refractivity (Wildman–Crippen MR) is 139 cm³/mol. The topological polar surface area (TPSA) is 98.1 Å². The van der Waals surface area contributed by atoms with Crippen molar-refractivity contribution in [3.05, 3.63) is 48.4 Å². The molecule has 2 aromatic rings. The number of nitrogens with zero attached hydrogens (tertiary/aromatic N) is 3. The van der Waals surface area contributed by atoms with Gasteiger partial charge in [0.15, 0.2) is 5.76 Å². The third kappa shape index (κ3) is 6.59. The van der Waals surface area contributed by atoms with Crippen molar-refractivity contribution < 1.29 is 18.8 Å². The van der Waals surface area contributed by atoms with E-state index in [0.717, 1.165) is 31.6 Å². The summed E-state index contributed by atoms with van der Waals surface area (Å²) in [7, 11) is 0. The molecule has 1 aliphatic heterocycles. The highest BCUT2D eigenvalue weighted by Gasteiger charge is 2.25. The summed E-state index contributed by atoms with van der Waals surface area (Å²) in [5, 5.41) is 6.08. The van der Waals surface area contributed by atoms with E-state index in [-0.39, 0.29) is 36.2 Å². The fourth-order valence-corrected chi connectivity index (χ4v) is 4.82. The summed E-state index contributed by atoms with van der Waals surface area (Å²) >= 11 is 0. The lowest BCUT2D eigenvalue weighted by molar-refractivity contribution is -0.117. The van der Waals surface area contributed by atoms with Crippen LogP contribution in [-0.2, 0) is 4.79 Å². The molecule has 1 aromatic carbocycles. The molecule has 2 heterocycles. The Morgan fingerprint density at radius 1 is 1.00 bits per heavy atom. The van der Waals surface area contributed by atoms with E-state index in [1.807, 2.05) is 43.0 Å². The van der Waals surface area contributed by atoms with E-state index in [9.17, 15) is 14.4 Å². The second-order valence-corrected chi connectivity index (χ2v) is 9.86. The van der Waals surface area contributed by atoms with Crippen LogP contribution >= 0.6 is 0 Å². The third-order valence-corrected chi connectivity index (χ3v) is 6.95. The minimum absolute atomic E-state index is 0.0561. The highest BCUT2D eigenvalue weighted by atomic mass is 16.3. The van der Waals surface area contributed by atoms with Gasteiger partial charge in [-0.05, 0) is 63.1 Å². The number of carbonyl (C=O) groups excluding carboxylic acids is 3. The van der Waals surface area contributed by atoms with E-state index in [4.69, 9.17) is 4.42 Å². The molecule has 0 spiro atoms. The molecule has 0 unspecified atom stereocenters. The quantitative estimate of drug-likeness (QED) is 0.607. The van der Waals surface area contributed by atoms with Crippen molar-refractivity contribution in [3.8, 4) is 0 Å². The molecule has 0 atom stereocenters. The van der Waals surface area contributed by atoms with Gasteiger partial charge < -0.3 is 29.8 Å². The van der Waals surface area contributed by atoms with Crippen LogP contribution in [0.4, 0.5) is 16.2 Å². The number of hydrogen-bond acceptors (Lipinski definition) is 5. The molecule has 9 heteroatoms. The zero-order chi connectivity index (χ0) is 25.5. The Kier molecular flexibility index (Phi) is 8.51. The molecule has 4 rings (SSSR count). The van der Waals surface area contributed by atoms with Gasteiger partial charge in [0, 0.05) is 49.6 Å². The van der Waals surface area contributed by atoms with Crippen LogP contribution in [-0.4, -0.2) is 72.5 Å². The number of furan rings is 1. The molecular weight excluding hydrogens is 458 g/mol. The van der Waals surface area contributed by atoms with Crippen LogP contribution in [0.2, 0.25) is 0 Å². The van der Waals surface area contributed by atoms with Crippen molar-refractivity contribution in [2.45, 2.75) is 58.0 Å². The molecule has 1 aliphatic carbocycles. The van der Waals surface area contributed by atoms with Gasteiger partial charge in [-0.2, -0.15) is 0 Å². The number of hydrogen-bond donors (Lipinski definition) is 2. The fraction of sp³-hybridized carbons (Fsp3) is 0.519. The number of anilines is 2. The Bertz CT molecular complexity index is 1010. The standard InChI is InChI=1S/C27H37N5O4/c1-20(2)32(26(34)24-9-6-18-36-24)19-25(33)28-22-10-12-23(13-11-22)30-14-16-31(17-15-30)27(35)29-21-7-4-3-5-8-21/h6,9-13,18,20-21H,3-5,7-8,14-17,19H2,1-2H3,(H,28,33)(H,29,35). The van der Waals surface area contributed by atoms with Crippen LogP contribution in [0.25, 0.3) is 0 Å². The molecular formula is C27H37N5O4. The van der Waals surface area contributed by atoms with E-state index in [1.165, 1.54) is 30.4 Å². The summed E-state index contributed by atoms with van der Waals surface area (Å²) in [5.41, 5.74) is 1.72. The van der Waals surface area contributed by atoms with Crippen LogP contribution in [0, 0.1) is 0 Å². The average molecular weight is 496 g/mol. The molecule has 2 N–H and O–H groups in total. The Morgan fingerprint density at radius 3 is 2.31 bits per heavy atom. The Morgan fingerprint density at radius 2 is 1.69 bits per heavy atom. The summed E-state index contributed by atoms with van der Waals surface area (Å²) in [6.45, 7) is 6.57. The minimum atomic E-state index is -0.313. The summed E-state index contributed by atoms with van der Waals surface area (Å²) in [6.07, 6.45) is 7.30.